The number of nitrogens with one attached hydrogen (secondary N) is 5. The molecule has 54 heavy (non-hydrogen) atoms. The number of carbonyl (C=O) groups excluding carboxylic acids is 8. The van der Waals surface area contributed by atoms with Crippen LogP contribution in [0, 0.1) is 5.92 Å². The number of amides is 7. The quantitative estimate of drug-likeness (QED) is 0.0199. The average molecular weight is 772 g/mol. The molecule has 9 atom stereocenters. The largest absolute Gasteiger partial charge is 0.394 e. The molecule has 0 aromatic rings. The maximum Gasteiger partial charge on any atom is 0.245 e. The zero-order valence-electron chi connectivity index (χ0n) is 31.0. The van der Waals surface area contributed by atoms with Crippen LogP contribution in [0.4, 0.5) is 0 Å². The van der Waals surface area contributed by atoms with Crippen molar-refractivity contribution in [2.45, 2.75) is 121 Å². The lowest BCUT2D eigenvalue weighted by Crippen LogP contribution is -2.62. The molecule has 0 aliphatic carbocycles. The van der Waals surface area contributed by atoms with Crippen LogP contribution in [-0.2, 0) is 38.4 Å². The Bertz CT molecular complexity index is 1360. The van der Waals surface area contributed by atoms with Crippen molar-refractivity contribution in [2.75, 3.05) is 19.7 Å². The molecular formula is C32H57N11O11. The van der Waals surface area contributed by atoms with Gasteiger partial charge in [0.2, 0.25) is 41.4 Å². The van der Waals surface area contributed by atoms with E-state index >= 15 is 0 Å². The van der Waals surface area contributed by atoms with E-state index < -0.39 is 115 Å². The van der Waals surface area contributed by atoms with Crippen molar-refractivity contribution in [1.82, 2.24) is 31.5 Å². The summed E-state index contributed by atoms with van der Waals surface area (Å²) in [5.74, 6) is -7.09. The second-order valence-corrected chi connectivity index (χ2v) is 13.4. The fourth-order valence-corrected chi connectivity index (χ4v) is 5.38. The van der Waals surface area contributed by atoms with Gasteiger partial charge in [-0.3, -0.25) is 38.6 Å². The summed E-state index contributed by atoms with van der Waals surface area (Å²) in [5.41, 5.74) is 21.6. The first-order valence-electron chi connectivity index (χ1n) is 17.6. The van der Waals surface area contributed by atoms with Crippen LogP contribution in [0.25, 0.3) is 0 Å². The number of aliphatic hydroxyl groups is 3. The second-order valence-electron chi connectivity index (χ2n) is 13.4. The molecule has 22 heteroatoms. The first-order valence-corrected chi connectivity index (χ1v) is 17.6. The topological polar surface area (TPSA) is 377 Å². The van der Waals surface area contributed by atoms with Gasteiger partial charge in [0.05, 0.1) is 24.9 Å². The third-order valence-electron chi connectivity index (χ3n) is 8.56. The molecule has 1 saturated heterocycles. The summed E-state index contributed by atoms with van der Waals surface area (Å²) in [6.07, 6.45) is -1.55. The molecule has 1 heterocycles. The summed E-state index contributed by atoms with van der Waals surface area (Å²) < 4.78 is 0. The number of guanidine groups is 1. The van der Waals surface area contributed by atoms with Gasteiger partial charge in [-0.1, -0.05) is 13.8 Å². The van der Waals surface area contributed by atoms with Crippen LogP contribution in [0.3, 0.4) is 0 Å². The SMILES string of the molecule is CC(C)[C@H](NC(=O)[C@H](CCC(N)=O)NC(=O)[C@H](CO)NC(=O)[C@@H](NC(=O)[C@@H](N)[C@@H](C)O)[C@@H](C)O)C(=O)N[C@@H](CCCN=C(N)N)C(=O)N1CCC[C@H]1C=O. The molecule has 306 valence electrons. The number of rotatable bonds is 23. The number of nitrogens with zero attached hydrogens (tertiary/aromatic N) is 2. The molecule has 0 spiro atoms. The monoisotopic (exact) mass is 771 g/mol. The third-order valence-corrected chi connectivity index (χ3v) is 8.56. The summed E-state index contributed by atoms with van der Waals surface area (Å²) in [4.78, 5) is 108. The predicted molar refractivity (Wildman–Crippen MR) is 192 cm³/mol. The second kappa shape index (κ2) is 23.0. The number of aliphatic imine (C=N–C) groups is 1. The van der Waals surface area contributed by atoms with Crippen LogP contribution in [0.5, 0.6) is 0 Å². The van der Waals surface area contributed by atoms with Crippen molar-refractivity contribution in [3.05, 3.63) is 0 Å². The van der Waals surface area contributed by atoms with Gasteiger partial charge in [-0.05, 0) is 51.9 Å². The Morgan fingerprint density at radius 1 is 0.778 bits per heavy atom. The molecular weight excluding hydrogens is 714 g/mol. The van der Waals surface area contributed by atoms with E-state index in [-0.39, 0.29) is 31.8 Å². The minimum absolute atomic E-state index is 0.0840. The zero-order chi connectivity index (χ0) is 41.3. The van der Waals surface area contributed by atoms with Gasteiger partial charge in [0.1, 0.15) is 42.5 Å². The molecule has 1 aliphatic heterocycles. The molecule has 0 saturated carbocycles. The first-order chi connectivity index (χ1) is 25.2. The molecule has 1 rings (SSSR count). The van der Waals surface area contributed by atoms with Crippen LogP contribution in [-0.4, -0.2) is 148 Å². The summed E-state index contributed by atoms with van der Waals surface area (Å²) >= 11 is 0. The Hall–Kier alpha value is -4.93. The summed E-state index contributed by atoms with van der Waals surface area (Å²) in [6.45, 7) is 5.00. The van der Waals surface area contributed by atoms with Crippen molar-refractivity contribution in [3.8, 4) is 0 Å². The average Bonchev–Trinajstić information content (AvgIpc) is 3.58. The first kappa shape index (κ1) is 47.1. The zero-order valence-corrected chi connectivity index (χ0v) is 31.0. The van der Waals surface area contributed by atoms with Crippen LogP contribution < -0.4 is 49.5 Å². The van der Waals surface area contributed by atoms with Crippen molar-refractivity contribution in [2.24, 2.45) is 33.8 Å². The summed E-state index contributed by atoms with van der Waals surface area (Å²) in [7, 11) is 0. The molecule has 16 N–H and O–H groups in total. The highest BCUT2D eigenvalue weighted by molar-refractivity contribution is 5.97. The van der Waals surface area contributed by atoms with E-state index in [9.17, 15) is 53.7 Å². The Morgan fingerprint density at radius 2 is 1.33 bits per heavy atom. The Morgan fingerprint density at radius 3 is 1.85 bits per heavy atom. The molecule has 0 aromatic heterocycles. The molecule has 1 aliphatic rings. The smallest absolute Gasteiger partial charge is 0.245 e. The maximum absolute atomic E-state index is 13.7. The lowest BCUT2D eigenvalue weighted by molar-refractivity contribution is -0.140. The molecule has 0 radical (unpaired) electrons. The fraction of sp³-hybridized carbons (Fsp3) is 0.719. The standard InChI is InChI=1S/C32H57N11O11/c1-15(2)24(29(52)39-20(8-5-11-37-32(35)36)31(54)43-12-6-7-18(43)13-44)41-26(49)19(9-10-22(33)48)38-27(50)21(14-45)40-30(53)25(17(4)47)42-28(51)23(34)16(3)46/h13,15-21,23-25,45-47H,5-12,14,34H2,1-4H3,(H2,33,48)(H,38,50)(H,39,52)(H,40,53)(H,41,49)(H,42,51)(H4,35,36,37)/t16-,17-,18+,19+,20+,21+,23+,24+,25+/m1/s1. The van der Waals surface area contributed by atoms with Gasteiger partial charge in [-0.15, -0.1) is 0 Å². The number of aldehydes is 1. The molecule has 0 aromatic carbocycles. The van der Waals surface area contributed by atoms with Crippen LogP contribution >= 0.6 is 0 Å². The van der Waals surface area contributed by atoms with E-state index in [4.69, 9.17) is 22.9 Å². The van der Waals surface area contributed by atoms with E-state index in [1.807, 2.05) is 0 Å². The lowest BCUT2D eigenvalue weighted by atomic mass is 10.0. The van der Waals surface area contributed by atoms with E-state index in [2.05, 4.69) is 31.6 Å². The highest BCUT2D eigenvalue weighted by Crippen LogP contribution is 2.18. The number of nitrogens with two attached hydrogens (primary N) is 4. The molecule has 1 fully saturated rings. The fourth-order valence-electron chi connectivity index (χ4n) is 5.38. The Balaban J connectivity index is 3.22. The van der Waals surface area contributed by atoms with Crippen LogP contribution in [0.1, 0.15) is 66.2 Å². The van der Waals surface area contributed by atoms with Gasteiger partial charge in [0.15, 0.2) is 5.96 Å². The Kier molecular flexibility index (Phi) is 20.0. The molecule has 22 nitrogen and oxygen atoms in total. The molecule has 0 unspecified atom stereocenters. The van der Waals surface area contributed by atoms with E-state index in [1.165, 1.54) is 11.8 Å². The van der Waals surface area contributed by atoms with Gasteiger partial charge in [0.25, 0.3) is 0 Å². The third kappa shape index (κ3) is 15.2. The van der Waals surface area contributed by atoms with Crippen molar-refractivity contribution in [3.63, 3.8) is 0 Å². The van der Waals surface area contributed by atoms with Gasteiger partial charge in [0, 0.05) is 19.5 Å². The highest BCUT2D eigenvalue weighted by atomic mass is 16.3. The number of likely N-dealkylation sites (tertiary alicyclic amines) is 1. The lowest BCUT2D eigenvalue weighted by Gasteiger charge is -2.30. The number of primary amides is 1. The highest BCUT2D eigenvalue weighted by Gasteiger charge is 2.37. The van der Waals surface area contributed by atoms with Crippen LogP contribution in [0.2, 0.25) is 0 Å². The van der Waals surface area contributed by atoms with Gasteiger partial charge in [-0.25, -0.2) is 0 Å². The number of carbonyl (C=O) groups is 8. The van der Waals surface area contributed by atoms with E-state index in [1.54, 1.807) is 13.8 Å². The van der Waals surface area contributed by atoms with Gasteiger partial charge >= 0.3 is 0 Å². The van der Waals surface area contributed by atoms with Crippen LogP contribution in [0.15, 0.2) is 4.99 Å². The minimum atomic E-state index is -1.75. The summed E-state index contributed by atoms with van der Waals surface area (Å²) in [5, 5.41) is 41.4. The Labute approximate surface area is 312 Å². The van der Waals surface area contributed by atoms with Gasteiger partial charge in [-0.2, -0.15) is 0 Å². The number of hydrogen-bond acceptors (Lipinski definition) is 13. The number of hydrogen-bond donors (Lipinski definition) is 12. The van der Waals surface area contributed by atoms with E-state index in [0.717, 1.165) is 6.92 Å². The molecule has 7 amide bonds. The number of aliphatic hydroxyl groups excluding tert-OH is 3. The minimum Gasteiger partial charge on any atom is -0.394 e. The van der Waals surface area contributed by atoms with Crippen molar-refractivity contribution >= 4 is 53.6 Å². The van der Waals surface area contributed by atoms with Crippen molar-refractivity contribution in [1.29, 1.82) is 0 Å². The molecule has 0 bridgehead atoms. The maximum atomic E-state index is 13.7. The summed E-state index contributed by atoms with van der Waals surface area (Å²) in [6, 6.07) is -9.52. The van der Waals surface area contributed by atoms with E-state index in [0.29, 0.717) is 25.7 Å². The van der Waals surface area contributed by atoms with Gasteiger partial charge < -0.3 is 74.5 Å². The van der Waals surface area contributed by atoms with Crippen molar-refractivity contribution < 1.29 is 53.7 Å². The predicted octanol–water partition coefficient (Wildman–Crippen LogP) is -6.34. The normalized spacial score (nSPS) is 18.4.